The first-order valence-electron chi connectivity index (χ1n) is 33.8. The van der Waals surface area contributed by atoms with Crippen LogP contribution in [0.2, 0.25) is 0 Å². The SMILES string of the molecule is CC/C=C\C/C=C\C/C=C\C/C=C\C/C=C\CCCCCCCCCCCCCCCC(=O)NC(COC1OC(CO)C(O)C(O)C1O)C(O)/C=C/CC/C=C/CCCCCCCCCCCCCCCCCCCCCCCC. The van der Waals surface area contributed by atoms with E-state index in [0.717, 1.165) is 70.6 Å². The summed E-state index contributed by atoms with van der Waals surface area (Å²) in [5, 5.41) is 54.7. The Morgan fingerprint density at radius 2 is 0.787 bits per heavy atom. The van der Waals surface area contributed by atoms with E-state index in [9.17, 15) is 30.3 Å². The maximum atomic E-state index is 13.1. The van der Waals surface area contributed by atoms with E-state index in [2.05, 4.69) is 92.1 Å². The van der Waals surface area contributed by atoms with Crippen molar-refractivity contribution >= 4 is 5.91 Å². The molecule has 0 aromatic carbocycles. The summed E-state index contributed by atoms with van der Waals surface area (Å²) < 4.78 is 11.3. The second-order valence-corrected chi connectivity index (χ2v) is 23.2. The molecule has 9 nitrogen and oxygen atoms in total. The topological polar surface area (TPSA) is 149 Å². The fourth-order valence-corrected chi connectivity index (χ4v) is 10.4. The number of aliphatic hydroxyl groups is 5. The minimum atomic E-state index is -1.58. The summed E-state index contributed by atoms with van der Waals surface area (Å²) in [5.74, 6) is -0.188. The van der Waals surface area contributed by atoms with Gasteiger partial charge < -0.3 is 40.3 Å². The molecule has 0 bridgehead atoms. The maximum Gasteiger partial charge on any atom is 0.220 e. The van der Waals surface area contributed by atoms with Gasteiger partial charge in [-0.2, -0.15) is 0 Å². The van der Waals surface area contributed by atoms with Crippen molar-refractivity contribution in [3.63, 3.8) is 0 Å². The molecular weight excluding hydrogens is 995 g/mol. The van der Waals surface area contributed by atoms with Gasteiger partial charge >= 0.3 is 0 Å². The molecule has 1 amide bonds. The van der Waals surface area contributed by atoms with Crippen LogP contribution in [-0.4, -0.2) is 87.5 Å². The van der Waals surface area contributed by atoms with Crippen LogP contribution in [0, 0.1) is 0 Å². The fourth-order valence-electron chi connectivity index (χ4n) is 10.4. The molecule has 1 rings (SSSR count). The van der Waals surface area contributed by atoms with Crippen LogP contribution in [0.5, 0.6) is 0 Å². The van der Waals surface area contributed by atoms with Crippen molar-refractivity contribution in [1.29, 1.82) is 0 Å². The number of hydrogen-bond acceptors (Lipinski definition) is 8. The Kier molecular flexibility index (Phi) is 56.1. The fraction of sp³-hybridized carbons (Fsp3) is 0.789. The number of unbranched alkanes of at least 4 members (excludes halogenated alkanes) is 36. The normalized spacial score (nSPS) is 19.0. The smallest absolute Gasteiger partial charge is 0.220 e. The number of allylic oxidation sites excluding steroid dienone is 13. The Bertz CT molecular complexity index is 1540. The van der Waals surface area contributed by atoms with Gasteiger partial charge in [0.15, 0.2) is 6.29 Å². The number of ether oxygens (including phenoxy) is 2. The number of rotatable bonds is 58. The number of carbonyl (C=O) groups excluding carboxylic acids is 1. The lowest BCUT2D eigenvalue weighted by molar-refractivity contribution is -0.302. The summed E-state index contributed by atoms with van der Waals surface area (Å²) >= 11 is 0. The zero-order valence-electron chi connectivity index (χ0n) is 51.8. The second kappa shape index (κ2) is 59.5. The van der Waals surface area contributed by atoms with Crippen LogP contribution in [0.15, 0.2) is 85.1 Å². The van der Waals surface area contributed by atoms with Crippen LogP contribution < -0.4 is 5.32 Å². The van der Waals surface area contributed by atoms with Crippen molar-refractivity contribution in [3.05, 3.63) is 85.1 Å². The third kappa shape index (κ3) is 47.8. The molecule has 1 saturated heterocycles. The van der Waals surface area contributed by atoms with Crippen molar-refractivity contribution in [2.24, 2.45) is 0 Å². The molecule has 1 aliphatic rings. The van der Waals surface area contributed by atoms with Crippen LogP contribution in [0.1, 0.15) is 303 Å². The van der Waals surface area contributed by atoms with E-state index in [1.165, 1.54) is 212 Å². The summed E-state index contributed by atoms with van der Waals surface area (Å²) in [6.45, 7) is 3.68. The molecule has 0 aromatic rings. The van der Waals surface area contributed by atoms with Crippen molar-refractivity contribution in [2.75, 3.05) is 13.2 Å². The molecule has 0 aromatic heterocycles. The summed E-state index contributed by atoms with van der Waals surface area (Å²) in [5.41, 5.74) is 0. The van der Waals surface area contributed by atoms with Gasteiger partial charge in [0, 0.05) is 6.42 Å². The Labute approximate surface area is 492 Å². The Hall–Kier alpha value is -2.63. The molecule has 0 saturated carbocycles. The largest absolute Gasteiger partial charge is 0.394 e. The molecule has 1 heterocycles. The minimum absolute atomic E-state index is 0.188. The number of nitrogens with one attached hydrogen (secondary N) is 1. The summed E-state index contributed by atoms with van der Waals surface area (Å²) in [4.78, 5) is 13.1. The zero-order valence-corrected chi connectivity index (χ0v) is 51.8. The standard InChI is InChI=1S/C71H127NO8/c1-3-5-7-9-11-13-15-17-19-21-23-25-27-29-31-33-35-37-39-41-43-45-47-49-51-53-55-57-59-61-67(75)72-64(63-79-71-70(78)69(77)68(76)66(62-73)80-71)65(74)60-58-56-54-52-50-48-46-44-42-40-38-36-34-32-30-28-26-24-22-20-18-16-14-12-10-8-6-4-2/h5,7,11,13,17,19,23,25,29,31,50,52,58,60,64-66,68-71,73-74,76-78H,3-4,6,8-10,12,14-16,18,20-22,24,26-28,30,32-49,51,53-57,59,61-63H2,1-2H3,(H,72,75)/b7-5-,13-11-,19-17-,25-23-,31-29-,52-50+,60-58+. The Morgan fingerprint density at radius 3 is 1.20 bits per heavy atom. The monoisotopic (exact) mass is 1120 g/mol. The third-order valence-electron chi connectivity index (χ3n) is 15.7. The molecule has 0 radical (unpaired) electrons. The molecular formula is C71H127NO8. The van der Waals surface area contributed by atoms with Crippen LogP contribution in [0.3, 0.4) is 0 Å². The van der Waals surface area contributed by atoms with Gasteiger partial charge in [-0.25, -0.2) is 0 Å². The lowest BCUT2D eigenvalue weighted by atomic mass is 9.99. The average molecular weight is 1120 g/mol. The highest BCUT2D eigenvalue weighted by Gasteiger charge is 2.44. The summed E-state index contributed by atoms with van der Waals surface area (Å²) in [6.07, 6.45) is 78.2. The highest BCUT2D eigenvalue weighted by Crippen LogP contribution is 2.23. The molecule has 1 fully saturated rings. The molecule has 9 heteroatoms. The van der Waals surface area contributed by atoms with E-state index in [4.69, 9.17) is 9.47 Å². The molecule has 464 valence electrons. The Morgan fingerprint density at radius 1 is 0.438 bits per heavy atom. The van der Waals surface area contributed by atoms with E-state index in [1.807, 2.05) is 6.08 Å². The van der Waals surface area contributed by atoms with Crippen molar-refractivity contribution in [2.45, 2.75) is 346 Å². The first-order chi connectivity index (χ1) is 39.3. The quantitative estimate of drug-likeness (QED) is 0.0261. The number of carbonyl (C=O) groups is 1. The summed E-state index contributed by atoms with van der Waals surface area (Å²) in [7, 11) is 0. The zero-order chi connectivity index (χ0) is 57.9. The van der Waals surface area contributed by atoms with Crippen LogP contribution >= 0.6 is 0 Å². The number of hydrogen-bond donors (Lipinski definition) is 6. The lowest BCUT2D eigenvalue weighted by Crippen LogP contribution is -2.60. The first kappa shape index (κ1) is 75.4. The predicted molar refractivity (Wildman–Crippen MR) is 341 cm³/mol. The molecule has 0 spiro atoms. The molecule has 7 atom stereocenters. The molecule has 80 heavy (non-hydrogen) atoms. The average Bonchev–Trinajstić information content (AvgIpc) is 3.46. The van der Waals surface area contributed by atoms with E-state index in [1.54, 1.807) is 6.08 Å². The van der Waals surface area contributed by atoms with Gasteiger partial charge in [0.05, 0.1) is 25.4 Å². The van der Waals surface area contributed by atoms with Crippen molar-refractivity contribution in [1.82, 2.24) is 5.32 Å². The van der Waals surface area contributed by atoms with E-state index < -0.39 is 49.5 Å². The molecule has 6 N–H and O–H groups in total. The summed E-state index contributed by atoms with van der Waals surface area (Å²) in [6, 6.07) is -0.829. The predicted octanol–water partition coefficient (Wildman–Crippen LogP) is 18.1. The van der Waals surface area contributed by atoms with Gasteiger partial charge in [0.1, 0.15) is 24.4 Å². The highest BCUT2D eigenvalue weighted by atomic mass is 16.7. The number of amides is 1. The Balaban J connectivity index is 2.18. The molecule has 7 unspecified atom stereocenters. The number of aliphatic hydroxyl groups excluding tert-OH is 5. The van der Waals surface area contributed by atoms with Crippen molar-refractivity contribution in [3.8, 4) is 0 Å². The van der Waals surface area contributed by atoms with Crippen LogP contribution in [-0.2, 0) is 14.3 Å². The van der Waals surface area contributed by atoms with Crippen LogP contribution in [0.4, 0.5) is 0 Å². The molecule has 0 aliphatic carbocycles. The van der Waals surface area contributed by atoms with Gasteiger partial charge in [0.2, 0.25) is 5.91 Å². The lowest BCUT2D eigenvalue weighted by Gasteiger charge is -2.40. The van der Waals surface area contributed by atoms with Gasteiger partial charge in [-0.15, -0.1) is 0 Å². The van der Waals surface area contributed by atoms with Gasteiger partial charge in [-0.1, -0.05) is 304 Å². The van der Waals surface area contributed by atoms with E-state index in [0.29, 0.717) is 6.42 Å². The van der Waals surface area contributed by atoms with Gasteiger partial charge in [-0.3, -0.25) is 4.79 Å². The second-order valence-electron chi connectivity index (χ2n) is 23.2. The van der Waals surface area contributed by atoms with Gasteiger partial charge in [0.25, 0.3) is 0 Å². The molecule has 1 aliphatic heterocycles. The maximum absolute atomic E-state index is 13.1. The van der Waals surface area contributed by atoms with Crippen LogP contribution in [0.25, 0.3) is 0 Å². The minimum Gasteiger partial charge on any atom is -0.394 e. The first-order valence-corrected chi connectivity index (χ1v) is 33.8. The van der Waals surface area contributed by atoms with Crippen molar-refractivity contribution < 1.29 is 39.8 Å². The van der Waals surface area contributed by atoms with E-state index in [-0.39, 0.29) is 12.5 Å². The van der Waals surface area contributed by atoms with Gasteiger partial charge in [-0.05, 0) is 77.0 Å². The van der Waals surface area contributed by atoms with E-state index >= 15 is 0 Å². The highest BCUT2D eigenvalue weighted by molar-refractivity contribution is 5.76. The third-order valence-corrected chi connectivity index (χ3v) is 15.7.